The summed E-state index contributed by atoms with van der Waals surface area (Å²) in [4.78, 5) is 29.7. The van der Waals surface area contributed by atoms with Crippen LogP contribution in [0.5, 0.6) is 11.5 Å². The lowest BCUT2D eigenvalue weighted by Crippen LogP contribution is -2.55. The second kappa shape index (κ2) is 10.8. The van der Waals surface area contributed by atoms with Crippen LogP contribution in [0.2, 0.25) is 0 Å². The number of hydrogen-bond donors (Lipinski definition) is 0. The van der Waals surface area contributed by atoms with Crippen LogP contribution in [-0.4, -0.2) is 74.6 Å². The molecule has 0 radical (unpaired) electrons. The van der Waals surface area contributed by atoms with Crippen LogP contribution in [0, 0.1) is 13.8 Å². The summed E-state index contributed by atoms with van der Waals surface area (Å²) in [6.07, 6.45) is 1.21. The van der Waals surface area contributed by atoms with Gasteiger partial charge in [0.2, 0.25) is 12.7 Å². The number of thioether (sulfide) groups is 1. The third kappa shape index (κ3) is 5.29. The molecule has 0 N–H and O–H groups in total. The van der Waals surface area contributed by atoms with Crippen molar-refractivity contribution in [2.45, 2.75) is 44.8 Å². The summed E-state index contributed by atoms with van der Waals surface area (Å²) < 4.78 is 12.8. The van der Waals surface area contributed by atoms with E-state index in [0.717, 1.165) is 34.4 Å². The van der Waals surface area contributed by atoms with Gasteiger partial charge in [0.05, 0.1) is 5.69 Å². The van der Waals surface area contributed by atoms with E-state index in [1.165, 1.54) is 0 Å². The first-order valence-corrected chi connectivity index (χ1v) is 13.5. The van der Waals surface area contributed by atoms with E-state index in [0.29, 0.717) is 43.1 Å². The minimum absolute atomic E-state index is 0.0534. The van der Waals surface area contributed by atoms with Gasteiger partial charge in [0.25, 0.3) is 5.91 Å². The number of hydrogen-bond acceptors (Lipinski definition) is 7. The van der Waals surface area contributed by atoms with Gasteiger partial charge in [0.1, 0.15) is 5.82 Å². The van der Waals surface area contributed by atoms with E-state index in [2.05, 4.69) is 33.8 Å². The molecule has 3 heterocycles. The Morgan fingerprint density at radius 1 is 1.05 bits per heavy atom. The quantitative estimate of drug-likeness (QED) is 0.345. The molecule has 5 rings (SSSR count). The maximum atomic E-state index is 13.1. The zero-order chi connectivity index (χ0) is 25.9. The maximum absolute atomic E-state index is 13.1. The van der Waals surface area contributed by atoms with Crippen molar-refractivity contribution in [1.29, 1.82) is 0 Å². The molecule has 2 aromatic carbocycles. The molecule has 194 valence electrons. The fourth-order valence-electron chi connectivity index (χ4n) is 4.75. The Morgan fingerprint density at radius 3 is 2.68 bits per heavy atom. The van der Waals surface area contributed by atoms with E-state index in [-0.39, 0.29) is 24.6 Å². The van der Waals surface area contributed by atoms with Crippen LogP contribution in [0.4, 0.5) is 0 Å². The van der Waals surface area contributed by atoms with Gasteiger partial charge in [-0.3, -0.25) is 14.2 Å². The molecule has 0 saturated carbocycles. The highest BCUT2D eigenvalue weighted by atomic mass is 32.2. The minimum atomic E-state index is -0.0689. The highest BCUT2D eigenvalue weighted by Gasteiger charge is 2.31. The van der Waals surface area contributed by atoms with Crippen molar-refractivity contribution in [3.8, 4) is 17.2 Å². The number of aryl methyl sites for hydroxylation is 2. The van der Waals surface area contributed by atoms with Crippen LogP contribution in [-0.2, 0) is 4.79 Å². The van der Waals surface area contributed by atoms with Gasteiger partial charge >= 0.3 is 0 Å². The van der Waals surface area contributed by atoms with Gasteiger partial charge in [0.15, 0.2) is 16.7 Å². The normalized spacial score (nSPS) is 16.8. The van der Waals surface area contributed by atoms with Crippen molar-refractivity contribution in [2.24, 2.45) is 0 Å². The first-order valence-electron chi connectivity index (χ1n) is 12.5. The van der Waals surface area contributed by atoms with Gasteiger partial charge in [0, 0.05) is 43.4 Å². The van der Waals surface area contributed by atoms with Crippen molar-refractivity contribution in [2.75, 3.05) is 32.2 Å². The highest BCUT2D eigenvalue weighted by Crippen LogP contribution is 2.33. The molecule has 1 unspecified atom stereocenters. The summed E-state index contributed by atoms with van der Waals surface area (Å²) in [5, 5.41) is 9.44. The Labute approximate surface area is 220 Å². The van der Waals surface area contributed by atoms with E-state index < -0.39 is 0 Å². The second-order valence-corrected chi connectivity index (χ2v) is 10.4. The number of piperazine rings is 1. The van der Waals surface area contributed by atoms with Gasteiger partial charge in [-0.15, -0.1) is 10.2 Å². The number of carbonyl (C=O) groups excluding carboxylic acids is 2. The fourth-order valence-corrected chi connectivity index (χ4v) is 5.68. The minimum Gasteiger partial charge on any atom is -0.454 e. The molecule has 10 heteroatoms. The summed E-state index contributed by atoms with van der Waals surface area (Å²) in [7, 11) is 0. The topological polar surface area (TPSA) is 89.8 Å². The molecule has 0 aliphatic carbocycles. The first-order chi connectivity index (χ1) is 17.9. The smallest absolute Gasteiger partial charge is 0.254 e. The van der Waals surface area contributed by atoms with Crippen LogP contribution in [0.3, 0.4) is 0 Å². The van der Waals surface area contributed by atoms with Crippen molar-refractivity contribution >= 4 is 23.6 Å². The standard InChI is InChI=1S/C27H31N5O4S/c1-18-7-4-5-8-22(18)32-20(3)28-29-27(32)37-14-6-9-25(33)30-12-13-31(19(2)16-30)26(34)21-10-11-23-24(15-21)36-17-35-23/h4-5,7-8,10-11,15,19H,6,9,12-14,16-17H2,1-3H3. The van der Waals surface area contributed by atoms with Gasteiger partial charge in [-0.2, -0.15) is 0 Å². The Kier molecular flexibility index (Phi) is 7.36. The van der Waals surface area contributed by atoms with Gasteiger partial charge in [-0.05, 0) is 57.0 Å². The van der Waals surface area contributed by atoms with Crippen LogP contribution >= 0.6 is 11.8 Å². The number of fused-ring (bicyclic) bond motifs is 1. The zero-order valence-electron chi connectivity index (χ0n) is 21.3. The third-order valence-corrected chi connectivity index (χ3v) is 7.79. The van der Waals surface area contributed by atoms with E-state index >= 15 is 0 Å². The van der Waals surface area contributed by atoms with Crippen molar-refractivity contribution in [1.82, 2.24) is 24.6 Å². The first kappa shape index (κ1) is 25.1. The maximum Gasteiger partial charge on any atom is 0.254 e. The van der Waals surface area contributed by atoms with Crippen LogP contribution in [0.25, 0.3) is 5.69 Å². The SMILES string of the molecule is Cc1ccccc1-n1c(C)nnc1SCCCC(=O)N1CCN(C(=O)c2ccc3c(c2)OCO3)C(C)C1. The van der Waals surface area contributed by atoms with Crippen LogP contribution in [0.1, 0.15) is 41.5 Å². The molecular weight excluding hydrogens is 490 g/mol. The number of nitrogens with zero attached hydrogens (tertiary/aromatic N) is 5. The van der Waals surface area contributed by atoms with E-state index in [9.17, 15) is 9.59 Å². The Morgan fingerprint density at radius 2 is 1.86 bits per heavy atom. The molecular formula is C27H31N5O4S. The Hall–Kier alpha value is -3.53. The zero-order valence-corrected chi connectivity index (χ0v) is 22.2. The Balaban J connectivity index is 1.11. The molecule has 0 spiro atoms. The van der Waals surface area contributed by atoms with Gasteiger partial charge < -0.3 is 19.3 Å². The van der Waals surface area contributed by atoms with E-state index in [4.69, 9.17) is 9.47 Å². The molecule has 2 aliphatic rings. The molecule has 1 fully saturated rings. The largest absolute Gasteiger partial charge is 0.454 e. The van der Waals surface area contributed by atoms with Crippen LogP contribution < -0.4 is 9.47 Å². The molecule has 2 amide bonds. The Bertz CT molecular complexity index is 1310. The highest BCUT2D eigenvalue weighted by molar-refractivity contribution is 7.99. The average Bonchev–Trinajstić information content (AvgIpc) is 3.52. The fraction of sp³-hybridized carbons (Fsp3) is 0.407. The van der Waals surface area contributed by atoms with Gasteiger partial charge in [-0.1, -0.05) is 30.0 Å². The molecule has 1 atom stereocenters. The predicted molar refractivity (Wildman–Crippen MR) is 140 cm³/mol. The summed E-state index contributed by atoms with van der Waals surface area (Å²) in [5.74, 6) is 2.94. The molecule has 2 aliphatic heterocycles. The summed E-state index contributed by atoms with van der Waals surface area (Å²) in [5.41, 5.74) is 2.81. The lowest BCUT2D eigenvalue weighted by molar-refractivity contribution is -0.133. The number of amides is 2. The predicted octanol–water partition coefficient (Wildman–Crippen LogP) is 3.86. The number of rotatable bonds is 7. The second-order valence-electron chi connectivity index (χ2n) is 9.36. The lowest BCUT2D eigenvalue weighted by atomic mass is 10.1. The molecule has 0 bridgehead atoms. The van der Waals surface area contributed by atoms with Gasteiger partial charge in [-0.25, -0.2) is 0 Å². The number of aromatic nitrogens is 3. The number of para-hydroxylation sites is 1. The molecule has 1 saturated heterocycles. The lowest BCUT2D eigenvalue weighted by Gasteiger charge is -2.40. The number of benzene rings is 2. The summed E-state index contributed by atoms with van der Waals surface area (Å²) in [6, 6.07) is 13.4. The van der Waals surface area contributed by atoms with Crippen molar-refractivity contribution < 1.29 is 19.1 Å². The third-order valence-electron chi connectivity index (χ3n) is 6.78. The summed E-state index contributed by atoms with van der Waals surface area (Å²) in [6.45, 7) is 7.76. The van der Waals surface area contributed by atoms with Crippen molar-refractivity contribution in [3.05, 3.63) is 59.4 Å². The van der Waals surface area contributed by atoms with E-state index in [1.54, 1.807) is 30.0 Å². The molecule has 3 aromatic rings. The molecule has 37 heavy (non-hydrogen) atoms. The van der Waals surface area contributed by atoms with E-state index in [1.807, 2.05) is 35.8 Å². The summed E-state index contributed by atoms with van der Waals surface area (Å²) >= 11 is 1.62. The van der Waals surface area contributed by atoms with Crippen molar-refractivity contribution in [3.63, 3.8) is 0 Å². The number of ether oxygens (including phenoxy) is 2. The number of carbonyl (C=O) groups is 2. The molecule has 1 aromatic heterocycles. The molecule has 9 nitrogen and oxygen atoms in total. The van der Waals surface area contributed by atoms with Crippen LogP contribution in [0.15, 0.2) is 47.6 Å². The average molecular weight is 522 g/mol. The monoisotopic (exact) mass is 521 g/mol.